The zero-order valence-electron chi connectivity index (χ0n) is 9.83. The highest BCUT2D eigenvalue weighted by Gasteiger charge is 2.18. The summed E-state index contributed by atoms with van der Waals surface area (Å²) in [6.07, 6.45) is 0. The van der Waals surface area contributed by atoms with Gasteiger partial charge >= 0.3 is 0 Å². The summed E-state index contributed by atoms with van der Waals surface area (Å²) in [6, 6.07) is -0.447. The van der Waals surface area contributed by atoms with Crippen molar-refractivity contribution in [3.8, 4) is 0 Å². The van der Waals surface area contributed by atoms with Crippen molar-refractivity contribution in [2.24, 2.45) is 11.7 Å². The van der Waals surface area contributed by atoms with Gasteiger partial charge in [-0.1, -0.05) is 6.92 Å². The topological polar surface area (TPSA) is 84.2 Å². The Morgan fingerprint density at radius 1 is 1.07 bits per heavy atom. The van der Waals surface area contributed by atoms with Gasteiger partial charge in [-0.3, -0.25) is 9.59 Å². The molecular formula is C10H21N3O2. The van der Waals surface area contributed by atoms with E-state index in [1.165, 1.54) is 0 Å². The summed E-state index contributed by atoms with van der Waals surface area (Å²) in [7, 11) is 0. The van der Waals surface area contributed by atoms with Crippen LogP contribution in [0, 0.1) is 5.92 Å². The molecule has 0 bridgehead atoms. The van der Waals surface area contributed by atoms with Crippen molar-refractivity contribution in [3.05, 3.63) is 0 Å². The van der Waals surface area contributed by atoms with E-state index in [-0.39, 0.29) is 30.3 Å². The quantitative estimate of drug-likeness (QED) is 0.584. The minimum Gasteiger partial charge on any atom is -0.352 e. The van der Waals surface area contributed by atoms with E-state index in [0.29, 0.717) is 0 Å². The molecule has 0 aliphatic rings. The Labute approximate surface area is 90.8 Å². The molecule has 0 saturated heterocycles. The van der Waals surface area contributed by atoms with Crippen molar-refractivity contribution < 1.29 is 9.59 Å². The molecule has 5 heteroatoms. The molecule has 0 aromatic carbocycles. The number of nitrogens with one attached hydrogen (secondary N) is 2. The predicted octanol–water partition coefficient (Wildman–Crippen LogP) is -0.389. The summed E-state index contributed by atoms with van der Waals surface area (Å²) in [6.45, 7) is 7.40. The van der Waals surface area contributed by atoms with E-state index in [0.717, 1.165) is 0 Å². The smallest absolute Gasteiger partial charge is 0.242 e. The van der Waals surface area contributed by atoms with Gasteiger partial charge in [-0.05, 0) is 20.8 Å². The molecule has 2 unspecified atom stereocenters. The molecule has 15 heavy (non-hydrogen) atoms. The van der Waals surface area contributed by atoms with Crippen LogP contribution >= 0.6 is 0 Å². The number of nitrogens with two attached hydrogens (primary N) is 1. The summed E-state index contributed by atoms with van der Waals surface area (Å²) < 4.78 is 0. The molecule has 0 aromatic rings. The lowest BCUT2D eigenvalue weighted by Crippen LogP contribution is -2.48. The van der Waals surface area contributed by atoms with Gasteiger partial charge in [0.2, 0.25) is 11.8 Å². The Bertz CT molecular complexity index is 229. The average Bonchev–Trinajstić information content (AvgIpc) is 2.15. The van der Waals surface area contributed by atoms with Crippen molar-refractivity contribution in [1.29, 1.82) is 0 Å². The molecule has 0 aliphatic carbocycles. The fourth-order valence-electron chi connectivity index (χ4n) is 0.938. The number of amides is 2. The maximum absolute atomic E-state index is 11.4. The van der Waals surface area contributed by atoms with Crippen LogP contribution in [-0.4, -0.2) is 30.4 Å². The lowest BCUT2D eigenvalue weighted by Gasteiger charge is -2.17. The van der Waals surface area contributed by atoms with E-state index in [9.17, 15) is 9.59 Å². The fourth-order valence-corrected chi connectivity index (χ4v) is 0.938. The van der Waals surface area contributed by atoms with Crippen molar-refractivity contribution in [2.45, 2.75) is 39.8 Å². The SMILES string of the molecule is CC(C)NC(=O)C(C)NC(=O)C(C)CN. The molecule has 0 rings (SSSR count). The standard InChI is InChI=1S/C10H21N3O2/c1-6(2)12-10(15)8(4)13-9(14)7(3)5-11/h6-8H,5,11H2,1-4H3,(H,12,15)(H,13,14). The molecular weight excluding hydrogens is 194 g/mol. The van der Waals surface area contributed by atoms with E-state index < -0.39 is 6.04 Å². The van der Waals surface area contributed by atoms with Gasteiger partial charge in [0.15, 0.2) is 0 Å². The number of hydrogen-bond donors (Lipinski definition) is 3. The fraction of sp³-hybridized carbons (Fsp3) is 0.800. The molecule has 0 fully saturated rings. The highest BCUT2D eigenvalue weighted by Crippen LogP contribution is 1.93. The summed E-state index contributed by atoms with van der Waals surface area (Å²) >= 11 is 0. The van der Waals surface area contributed by atoms with Gasteiger partial charge in [0.05, 0.1) is 0 Å². The number of carbonyl (C=O) groups excluding carboxylic acids is 2. The molecule has 2 amide bonds. The molecule has 5 nitrogen and oxygen atoms in total. The van der Waals surface area contributed by atoms with Gasteiger partial charge in [-0.15, -0.1) is 0 Å². The first-order valence-electron chi connectivity index (χ1n) is 5.19. The Morgan fingerprint density at radius 3 is 2.00 bits per heavy atom. The second kappa shape index (κ2) is 6.40. The molecule has 0 aromatic heterocycles. The highest BCUT2D eigenvalue weighted by molar-refractivity contribution is 5.88. The van der Waals surface area contributed by atoms with Crippen LogP contribution in [0.2, 0.25) is 0 Å². The summed E-state index contributed by atoms with van der Waals surface area (Å²) in [5.41, 5.74) is 5.34. The van der Waals surface area contributed by atoms with Crippen LogP contribution in [0.3, 0.4) is 0 Å². The van der Waals surface area contributed by atoms with Crippen molar-refractivity contribution >= 4 is 11.8 Å². The largest absolute Gasteiger partial charge is 0.352 e. The van der Waals surface area contributed by atoms with E-state index in [4.69, 9.17) is 5.73 Å². The van der Waals surface area contributed by atoms with Gasteiger partial charge in [0.1, 0.15) is 6.04 Å². The van der Waals surface area contributed by atoms with Crippen LogP contribution in [0.5, 0.6) is 0 Å². The lowest BCUT2D eigenvalue weighted by atomic mass is 10.1. The van der Waals surface area contributed by atoms with Crippen molar-refractivity contribution in [3.63, 3.8) is 0 Å². The van der Waals surface area contributed by atoms with E-state index >= 15 is 0 Å². The van der Waals surface area contributed by atoms with E-state index in [2.05, 4.69) is 10.6 Å². The van der Waals surface area contributed by atoms with Crippen LogP contribution < -0.4 is 16.4 Å². The van der Waals surface area contributed by atoms with Gasteiger partial charge in [-0.25, -0.2) is 0 Å². The lowest BCUT2D eigenvalue weighted by molar-refractivity contribution is -0.130. The second-order valence-corrected chi connectivity index (χ2v) is 4.03. The maximum atomic E-state index is 11.4. The molecule has 0 heterocycles. The average molecular weight is 215 g/mol. The van der Waals surface area contributed by atoms with Crippen LogP contribution in [0.15, 0.2) is 0 Å². The summed E-state index contributed by atoms with van der Waals surface area (Å²) in [5, 5.41) is 5.32. The second-order valence-electron chi connectivity index (χ2n) is 4.03. The third-order valence-corrected chi connectivity index (χ3v) is 1.98. The van der Waals surface area contributed by atoms with Gasteiger partial charge in [0.25, 0.3) is 0 Å². The predicted molar refractivity (Wildman–Crippen MR) is 59.1 cm³/mol. The van der Waals surface area contributed by atoms with Gasteiger partial charge in [-0.2, -0.15) is 0 Å². The number of hydrogen-bond acceptors (Lipinski definition) is 3. The summed E-state index contributed by atoms with van der Waals surface area (Å²) in [5.74, 6) is -0.634. The molecule has 2 atom stereocenters. The monoisotopic (exact) mass is 215 g/mol. The van der Waals surface area contributed by atoms with Gasteiger partial charge in [0, 0.05) is 18.5 Å². The third-order valence-electron chi connectivity index (χ3n) is 1.98. The molecule has 0 saturated carbocycles. The van der Waals surface area contributed by atoms with Crippen LogP contribution in [0.4, 0.5) is 0 Å². The maximum Gasteiger partial charge on any atom is 0.242 e. The molecule has 0 radical (unpaired) electrons. The summed E-state index contributed by atoms with van der Waals surface area (Å²) in [4.78, 5) is 22.8. The van der Waals surface area contributed by atoms with Crippen LogP contribution in [0.25, 0.3) is 0 Å². The Hall–Kier alpha value is -1.10. The van der Waals surface area contributed by atoms with Crippen molar-refractivity contribution in [1.82, 2.24) is 10.6 Å². The van der Waals surface area contributed by atoms with Crippen LogP contribution in [0.1, 0.15) is 27.7 Å². The normalized spacial score (nSPS) is 14.5. The Kier molecular flexibility index (Phi) is 5.93. The first-order valence-corrected chi connectivity index (χ1v) is 5.19. The zero-order valence-corrected chi connectivity index (χ0v) is 9.83. The van der Waals surface area contributed by atoms with Gasteiger partial charge < -0.3 is 16.4 Å². The number of rotatable bonds is 5. The molecule has 4 N–H and O–H groups in total. The first-order chi connectivity index (χ1) is 6.88. The first kappa shape index (κ1) is 13.9. The molecule has 0 aliphatic heterocycles. The van der Waals surface area contributed by atoms with E-state index in [1.807, 2.05) is 13.8 Å². The minimum absolute atomic E-state index is 0.0729. The zero-order chi connectivity index (χ0) is 12.0. The number of carbonyl (C=O) groups is 2. The van der Waals surface area contributed by atoms with Crippen molar-refractivity contribution in [2.75, 3.05) is 6.54 Å². The van der Waals surface area contributed by atoms with Crippen LogP contribution in [-0.2, 0) is 9.59 Å². The molecule has 0 spiro atoms. The Morgan fingerprint density at radius 2 is 1.60 bits per heavy atom. The highest BCUT2D eigenvalue weighted by atomic mass is 16.2. The van der Waals surface area contributed by atoms with E-state index in [1.54, 1.807) is 13.8 Å². The minimum atomic E-state index is -0.520. The Balaban J connectivity index is 4.07. The third kappa shape index (κ3) is 5.37. The molecule has 88 valence electrons.